The Morgan fingerprint density at radius 1 is 1.00 bits per heavy atom. The molecule has 0 spiro atoms. The van der Waals surface area contributed by atoms with Gasteiger partial charge in [-0.25, -0.2) is 0 Å². The monoisotopic (exact) mass is 561 g/mol. The van der Waals surface area contributed by atoms with Crippen molar-refractivity contribution in [2.75, 3.05) is 13.7 Å². The van der Waals surface area contributed by atoms with Crippen LogP contribution in [0.3, 0.4) is 0 Å². The minimum Gasteiger partial charge on any atom is -0.493 e. The molecule has 0 aliphatic heterocycles. The zero-order chi connectivity index (χ0) is 28.4. The molecule has 1 aliphatic carbocycles. The minimum absolute atomic E-state index is 0.0208. The van der Waals surface area contributed by atoms with Crippen molar-refractivity contribution >= 4 is 16.0 Å². The van der Waals surface area contributed by atoms with Gasteiger partial charge < -0.3 is 13.8 Å². The van der Waals surface area contributed by atoms with E-state index < -0.39 is 26.8 Å². The average molecular weight is 562 g/mol. The van der Waals surface area contributed by atoms with Gasteiger partial charge in [0.25, 0.3) is 0 Å². The van der Waals surface area contributed by atoms with Crippen molar-refractivity contribution in [2.45, 2.75) is 43.8 Å². The topological polar surface area (TPSA) is 72.9 Å². The van der Waals surface area contributed by atoms with Crippen molar-refractivity contribution in [3.05, 3.63) is 89.5 Å². The summed E-state index contributed by atoms with van der Waals surface area (Å²) < 4.78 is 75.7. The van der Waals surface area contributed by atoms with Gasteiger partial charge in [0.05, 0.1) is 12.7 Å². The van der Waals surface area contributed by atoms with Crippen molar-refractivity contribution in [3.8, 4) is 11.5 Å². The van der Waals surface area contributed by atoms with E-state index in [1.165, 1.54) is 19.2 Å². The molecular weight excluding hydrogens is 531 g/mol. The van der Waals surface area contributed by atoms with E-state index in [1.807, 2.05) is 44.2 Å². The number of amides is 1. The first-order valence-corrected chi connectivity index (χ1v) is 13.9. The lowest BCUT2D eigenvalue weighted by Gasteiger charge is -2.25. The molecule has 0 radical (unpaired) electrons. The quantitative estimate of drug-likeness (QED) is 0.273. The molecule has 1 unspecified atom stereocenters. The number of alkyl halides is 3. The second kappa shape index (κ2) is 11.3. The van der Waals surface area contributed by atoms with E-state index in [-0.39, 0.29) is 41.7 Å². The van der Waals surface area contributed by atoms with Gasteiger partial charge in [0.2, 0.25) is 5.91 Å². The summed E-state index contributed by atoms with van der Waals surface area (Å²) in [4.78, 5) is 14.6. The van der Waals surface area contributed by atoms with Gasteiger partial charge in [-0.15, -0.1) is 0 Å². The van der Waals surface area contributed by atoms with Gasteiger partial charge in [-0.1, -0.05) is 56.3 Å². The van der Waals surface area contributed by atoms with Crippen LogP contribution in [0.1, 0.15) is 42.9 Å². The van der Waals surface area contributed by atoms with Gasteiger partial charge >= 0.3 is 16.3 Å². The Morgan fingerprint density at radius 2 is 1.72 bits per heavy atom. The third-order valence-corrected chi connectivity index (χ3v) is 7.71. The highest BCUT2D eigenvalue weighted by Gasteiger charge is 2.45. The fraction of sp³-hybridized carbons (Fsp3) is 0.345. The van der Waals surface area contributed by atoms with Crippen LogP contribution in [0.2, 0.25) is 0 Å². The molecule has 0 bridgehead atoms. The first kappa shape index (κ1) is 28.5. The van der Waals surface area contributed by atoms with E-state index in [4.69, 9.17) is 8.92 Å². The summed E-state index contributed by atoms with van der Waals surface area (Å²) in [6.07, 6.45) is -3.94. The van der Waals surface area contributed by atoms with Crippen LogP contribution in [-0.2, 0) is 27.6 Å². The summed E-state index contributed by atoms with van der Waals surface area (Å²) >= 11 is 0. The highest BCUT2D eigenvalue weighted by Crippen LogP contribution is 2.48. The van der Waals surface area contributed by atoms with Crippen LogP contribution in [0.25, 0.3) is 0 Å². The zero-order valence-electron chi connectivity index (χ0n) is 21.8. The number of hydrogen-bond donors (Lipinski definition) is 0. The SMILES string of the molecule is COc1ccc(CN(CC(C)C)C(=O)C2C[C@H]2c2ccccc2)cc1OS(=O)(=O)c1cccc(C(F)(F)F)c1. The van der Waals surface area contributed by atoms with Crippen molar-refractivity contribution in [1.82, 2.24) is 4.90 Å². The average Bonchev–Trinajstić information content (AvgIpc) is 3.69. The van der Waals surface area contributed by atoms with Gasteiger partial charge in [0, 0.05) is 19.0 Å². The molecule has 1 fully saturated rings. The smallest absolute Gasteiger partial charge is 0.416 e. The van der Waals surface area contributed by atoms with E-state index >= 15 is 0 Å². The fourth-order valence-corrected chi connectivity index (χ4v) is 5.52. The number of rotatable bonds is 10. The standard InChI is InChI=1S/C29H30F3NO5S/c1-19(2)17-33(28(34)25-16-24(25)21-8-5-4-6-9-21)18-20-12-13-26(37-3)27(14-20)38-39(35,36)23-11-7-10-22(15-23)29(30,31)32/h4-15,19,24-25H,16-18H2,1-3H3/t24-,25?/m0/s1. The highest BCUT2D eigenvalue weighted by molar-refractivity contribution is 7.87. The van der Waals surface area contributed by atoms with Crippen LogP contribution in [0.4, 0.5) is 13.2 Å². The molecule has 1 aliphatic rings. The van der Waals surface area contributed by atoms with Gasteiger partial charge in [-0.2, -0.15) is 21.6 Å². The second-order valence-corrected chi connectivity index (χ2v) is 11.6. The summed E-state index contributed by atoms with van der Waals surface area (Å²) in [5.41, 5.74) is 0.612. The Morgan fingerprint density at radius 3 is 2.36 bits per heavy atom. The molecule has 10 heteroatoms. The molecule has 4 rings (SSSR count). The number of nitrogens with zero attached hydrogens (tertiary/aromatic N) is 1. The predicted molar refractivity (Wildman–Crippen MR) is 140 cm³/mol. The van der Waals surface area contributed by atoms with E-state index in [2.05, 4.69) is 0 Å². The van der Waals surface area contributed by atoms with Crippen LogP contribution < -0.4 is 8.92 Å². The second-order valence-electron chi connectivity index (χ2n) is 10.0. The van der Waals surface area contributed by atoms with Crippen LogP contribution in [0.5, 0.6) is 11.5 Å². The first-order chi connectivity index (χ1) is 18.4. The van der Waals surface area contributed by atoms with Crippen molar-refractivity contribution in [1.29, 1.82) is 0 Å². The lowest BCUT2D eigenvalue weighted by Crippen LogP contribution is -2.35. The maximum atomic E-state index is 13.4. The van der Waals surface area contributed by atoms with Crippen molar-refractivity contribution in [2.24, 2.45) is 11.8 Å². The van der Waals surface area contributed by atoms with E-state index in [9.17, 15) is 26.4 Å². The maximum absolute atomic E-state index is 13.4. The number of benzene rings is 3. The molecule has 0 heterocycles. The number of carbonyl (C=O) groups excluding carboxylic acids is 1. The number of ether oxygens (including phenoxy) is 1. The molecule has 0 aromatic heterocycles. The van der Waals surface area contributed by atoms with Crippen LogP contribution in [0.15, 0.2) is 77.7 Å². The summed E-state index contributed by atoms with van der Waals surface area (Å²) in [7, 11) is -3.29. The number of methoxy groups -OCH3 is 1. The normalized spacial score (nSPS) is 17.1. The molecule has 6 nitrogen and oxygen atoms in total. The largest absolute Gasteiger partial charge is 0.493 e. The van der Waals surface area contributed by atoms with Gasteiger partial charge in [-0.05, 0) is 59.7 Å². The molecule has 3 aromatic carbocycles. The Labute approximate surface area is 226 Å². The fourth-order valence-electron chi connectivity index (χ4n) is 4.54. The third kappa shape index (κ3) is 6.92. The molecule has 1 amide bonds. The molecule has 0 saturated heterocycles. The summed E-state index contributed by atoms with van der Waals surface area (Å²) in [5, 5.41) is 0. The first-order valence-electron chi connectivity index (χ1n) is 12.5. The van der Waals surface area contributed by atoms with E-state index in [0.717, 1.165) is 30.2 Å². The number of carbonyl (C=O) groups is 1. The third-order valence-electron chi connectivity index (χ3n) is 6.48. The Bertz CT molecular complexity index is 1420. The summed E-state index contributed by atoms with van der Waals surface area (Å²) in [6.45, 7) is 4.72. The van der Waals surface area contributed by atoms with Crippen molar-refractivity contribution in [3.63, 3.8) is 0 Å². The minimum atomic E-state index is -4.71. The molecule has 3 aromatic rings. The number of hydrogen-bond acceptors (Lipinski definition) is 5. The molecule has 39 heavy (non-hydrogen) atoms. The van der Waals surface area contributed by atoms with Crippen LogP contribution >= 0.6 is 0 Å². The Kier molecular flexibility index (Phi) is 8.25. The van der Waals surface area contributed by atoms with E-state index in [1.54, 1.807) is 11.0 Å². The van der Waals surface area contributed by atoms with Gasteiger partial charge in [-0.3, -0.25) is 4.79 Å². The van der Waals surface area contributed by atoms with Gasteiger partial charge in [0.1, 0.15) is 4.90 Å². The maximum Gasteiger partial charge on any atom is 0.416 e. The van der Waals surface area contributed by atoms with E-state index in [0.29, 0.717) is 18.2 Å². The predicted octanol–water partition coefficient (Wildman–Crippen LogP) is 6.27. The zero-order valence-corrected chi connectivity index (χ0v) is 22.6. The lowest BCUT2D eigenvalue weighted by atomic mass is 10.1. The number of halogens is 3. The van der Waals surface area contributed by atoms with Crippen LogP contribution in [0, 0.1) is 11.8 Å². The Balaban J connectivity index is 1.56. The lowest BCUT2D eigenvalue weighted by molar-refractivity contribution is -0.137. The molecular formula is C29H30F3NO5S. The van der Waals surface area contributed by atoms with Gasteiger partial charge in [0.15, 0.2) is 11.5 Å². The van der Waals surface area contributed by atoms with Crippen molar-refractivity contribution < 1.29 is 35.3 Å². The van der Waals surface area contributed by atoms with Crippen LogP contribution in [-0.4, -0.2) is 32.9 Å². The summed E-state index contributed by atoms with van der Waals surface area (Å²) in [6, 6.07) is 17.9. The molecule has 0 N–H and O–H groups in total. The Hall–Kier alpha value is -3.53. The molecule has 2 atom stereocenters. The summed E-state index contributed by atoms with van der Waals surface area (Å²) in [5.74, 6) is 0.160. The molecule has 1 saturated carbocycles. The highest BCUT2D eigenvalue weighted by atomic mass is 32.2. The molecule has 208 valence electrons.